The summed E-state index contributed by atoms with van der Waals surface area (Å²) in [5.74, 6) is -0.101. The summed E-state index contributed by atoms with van der Waals surface area (Å²) in [6, 6.07) is 18.4. The summed E-state index contributed by atoms with van der Waals surface area (Å²) in [6.45, 7) is 2.03. The molecule has 10 nitrogen and oxygen atoms in total. The van der Waals surface area contributed by atoms with Crippen LogP contribution in [-0.4, -0.2) is 52.4 Å². The Balaban J connectivity index is 1.25. The van der Waals surface area contributed by atoms with Crippen molar-refractivity contribution in [2.24, 2.45) is 11.8 Å². The molecule has 1 saturated heterocycles. The Morgan fingerprint density at radius 2 is 1.42 bits per heavy atom. The highest BCUT2D eigenvalue weighted by Gasteiger charge is 2.53. The maximum atomic E-state index is 13.8. The molecule has 0 spiro atoms. The monoisotopic (exact) mass is 669 g/mol. The molecule has 2 heterocycles. The first-order chi connectivity index (χ1) is 23.2. The second-order valence-electron chi connectivity index (χ2n) is 11.9. The summed E-state index contributed by atoms with van der Waals surface area (Å²) in [5, 5.41) is 3.67. The number of esters is 1. The molecule has 1 fully saturated rings. The minimum atomic E-state index is -0.646. The zero-order valence-corrected chi connectivity index (χ0v) is 27.4. The van der Waals surface area contributed by atoms with Crippen LogP contribution < -0.4 is 29.0 Å². The summed E-state index contributed by atoms with van der Waals surface area (Å²) in [5.41, 5.74) is 4.40. The van der Waals surface area contributed by atoms with E-state index in [0.717, 1.165) is 22.3 Å². The minimum absolute atomic E-state index is 0.0544. The fourth-order valence-corrected chi connectivity index (χ4v) is 7.11. The molecule has 1 aliphatic carbocycles. The van der Waals surface area contributed by atoms with Gasteiger partial charge in [-0.1, -0.05) is 35.9 Å². The molecule has 48 heavy (non-hydrogen) atoms. The fraction of sp³-hybridized carbons (Fsp3) is 0.270. The molecule has 1 N–H and O–H groups in total. The number of rotatable bonds is 8. The highest BCUT2D eigenvalue weighted by Crippen LogP contribution is 2.55. The molecule has 11 heteroatoms. The Morgan fingerprint density at radius 3 is 2.04 bits per heavy atom. The topological polar surface area (TPSA) is 119 Å². The van der Waals surface area contributed by atoms with E-state index in [9.17, 15) is 14.4 Å². The minimum Gasteiger partial charge on any atom is -0.493 e. The number of hydrogen-bond acceptors (Lipinski definition) is 9. The molecule has 0 unspecified atom stereocenters. The van der Waals surface area contributed by atoms with Gasteiger partial charge in [0.25, 0.3) is 5.91 Å². The molecule has 246 valence electrons. The normalized spacial score (nSPS) is 20.3. The molecule has 0 saturated carbocycles. The number of benzene rings is 4. The van der Waals surface area contributed by atoms with Crippen molar-refractivity contribution in [1.82, 2.24) is 5.32 Å². The number of carbonyl (C=O) groups excluding carboxylic acids is 3. The number of fused-ring (bicyclic) bond motifs is 3. The van der Waals surface area contributed by atoms with Gasteiger partial charge >= 0.3 is 5.97 Å². The predicted molar refractivity (Wildman–Crippen MR) is 175 cm³/mol. The lowest BCUT2D eigenvalue weighted by Gasteiger charge is -2.39. The van der Waals surface area contributed by atoms with Crippen LogP contribution >= 0.6 is 11.6 Å². The van der Waals surface area contributed by atoms with E-state index in [4.69, 9.17) is 40.0 Å². The van der Waals surface area contributed by atoms with Crippen molar-refractivity contribution in [3.63, 3.8) is 0 Å². The lowest BCUT2D eigenvalue weighted by atomic mass is 9.65. The molecule has 4 aromatic rings. The van der Waals surface area contributed by atoms with E-state index in [0.29, 0.717) is 50.5 Å². The van der Waals surface area contributed by atoms with Gasteiger partial charge in [-0.15, -0.1) is 0 Å². The average molecular weight is 670 g/mol. The summed E-state index contributed by atoms with van der Waals surface area (Å²) in [4.78, 5) is 40.4. The zero-order chi connectivity index (χ0) is 33.7. The maximum absolute atomic E-state index is 13.8. The molecule has 0 radical (unpaired) electrons. The Hall–Kier alpha value is -5.22. The van der Waals surface area contributed by atoms with Gasteiger partial charge in [-0.3, -0.25) is 14.4 Å². The second kappa shape index (κ2) is 12.4. The lowest BCUT2D eigenvalue weighted by Crippen LogP contribution is -2.42. The number of halogens is 1. The Morgan fingerprint density at radius 1 is 0.792 bits per heavy atom. The molecular formula is C37H32ClNO9. The molecular weight excluding hydrogens is 638 g/mol. The van der Waals surface area contributed by atoms with E-state index in [2.05, 4.69) is 5.32 Å². The van der Waals surface area contributed by atoms with Gasteiger partial charge in [-0.25, -0.2) is 0 Å². The molecule has 0 aromatic heterocycles. The van der Waals surface area contributed by atoms with Crippen LogP contribution in [0.5, 0.6) is 28.7 Å². The fourth-order valence-electron chi connectivity index (χ4n) is 6.93. The van der Waals surface area contributed by atoms with Gasteiger partial charge in [-0.05, 0) is 71.6 Å². The molecule has 7 rings (SSSR count). The third kappa shape index (κ3) is 5.26. The first-order valence-corrected chi connectivity index (χ1v) is 15.7. The molecule has 4 aromatic carbocycles. The van der Waals surface area contributed by atoms with E-state index in [1.807, 2.05) is 31.2 Å². The van der Waals surface area contributed by atoms with E-state index >= 15 is 0 Å². The van der Waals surface area contributed by atoms with Crippen molar-refractivity contribution in [3.05, 3.63) is 111 Å². The molecule has 3 aliphatic rings. The quantitative estimate of drug-likeness (QED) is 0.177. The second-order valence-corrected chi connectivity index (χ2v) is 12.3. The van der Waals surface area contributed by atoms with Crippen LogP contribution in [0.2, 0.25) is 5.02 Å². The van der Waals surface area contributed by atoms with Crippen LogP contribution in [0.1, 0.15) is 60.5 Å². The first-order valence-electron chi connectivity index (χ1n) is 15.3. The van der Waals surface area contributed by atoms with Crippen LogP contribution in [0.3, 0.4) is 0 Å². The van der Waals surface area contributed by atoms with Crippen molar-refractivity contribution in [1.29, 1.82) is 0 Å². The van der Waals surface area contributed by atoms with Gasteiger partial charge in [0.05, 0.1) is 39.9 Å². The predicted octanol–water partition coefficient (Wildman–Crippen LogP) is 6.04. The standard InChI is InChI=1S/C37H32ClNO9/c1-18-5-6-21(11-26(18)38)34(40)19-7-9-20(10-8-19)36(41)39-33-24-15-28-27(47-17-48-28)14-23(24)31(32-25(33)16-46-37(32)42)22-12-29(43-2)35(45-4)30(13-22)44-3/h5-15,25,31-33H,16-17H2,1-4H3,(H,39,41)/t25-,31-,32-,33-/m0/s1. The van der Waals surface area contributed by atoms with Crippen molar-refractivity contribution >= 4 is 29.3 Å². The zero-order valence-electron chi connectivity index (χ0n) is 26.6. The number of cyclic esters (lactones) is 1. The van der Waals surface area contributed by atoms with Crippen LogP contribution in [0.4, 0.5) is 0 Å². The molecule has 4 atom stereocenters. The largest absolute Gasteiger partial charge is 0.493 e. The number of amides is 1. The van der Waals surface area contributed by atoms with Crippen LogP contribution in [0, 0.1) is 18.8 Å². The Labute approximate surface area is 281 Å². The maximum Gasteiger partial charge on any atom is 0.310 e. The lowest BCUT2D eigenvalue weighted by molar-refractivity contribution is -0.141. The smallest absolute Gasteiger partial charge is 0.310 e. The van der Waals surface area contributed by atoms with E-state index in [-0.39, 0.29) is 31.1 Å². The average Bonchev–Trinajstić information content (AvgIpc) is 3.73. The number of ether oxygens (including phenoxy) is 6. The molecule has 2 aliphatic heterocycles. The van der Waals surface area contributed by atoms with E-state index < -0.39 is 23.8 Å². The third-order valence-electron chi connectivity index (χ3n) is 9.36. The highest BCUT2D eigenvalue weighted by molar-refractivity contribution is 6.31. The van der Waals surface area contributed by atoms with Crippen molar-refractivity contribution in [3.8, 4) is 28.7 Å². The summed E-state index contributed by atoms with van der Waals surface area (Å²) in [6.07, 6.45) is 0. The van der Waals surface area contributed by atoms with Gasteiger partial charge in [-0.2, -0.15) is 0 Å². The van der Waals surface area contributed by atoms with Crippen molar-refractivity contribution in [2.45, 2.75) is 18.9 Å². The highest BCUT2D eigenvalue weighted by atomic mass is 35.5. The number of nitrogens with one attached hydrogen (secondary N) is 1. The molecule has 1 amide bonds. The van der Waals surface area contributed by atoms with Gasteiger partial charge in [0.1, 0.15) is 0 Å². The van der Waals surface area contributed by atoms with Gasteiger partial charge in [0, 0.05) is 33.5 Å². The SMILES string of the molecule is COc1cc([C@H]2c3cc4c(cc3[C@H](NC(=O)c3ccc(C(=O)c5ccc(C)c(Cl)c5)cc3)[C@H]3COC(=O)[C@H]23)OCO4)cc(OC)c1OC. The Bertz CT molecular complexity index is 1930. The van der Waals surface area contributed by atoms with E-state index in [1.54, 1.807) is 42.5 Å². The number of hydrogen-bond donors (Lipinski definition) is 1. The first kappa shape index (κ1) is 31.4. The molecule has 0 bridgehead atoms. The van der Waals surface area contributed by atoms with E-state index in [1.165, 1.54) is 21.3 Å². The van der Waals surface area contributed by atoms with Gasteiger partial charge in [0.15, 0.2) is 28.8 Å². The van der Waals surface area contributed by atoms with Crippen LogP contribution in [-0.2, 0) is 9.53 Å². The van der Waals surface area contributed by atoms with Crippen LogP contribution in [0.25, 0.3) is 0 Å². The third-order valence-corrected chi connectivity index (χ3v) is 9.77. The van der Waals surface area contributed by atoms with Crippen molar-refractivity contribution < 1.29 is 42.8 Å². The van der Waals surface area contributed by atoms with Gasteiger partial charge in [0.2, 0.25) is 12.5 Å². The van der Waals surface area contributed by atoms with Gasteiger partial charge < -0.3 is 33.7 Å². The summed E-state index contributed by atoms with van der Waals surface area (Å²) >= 11 is 6.24. The summed E-state index contributed by atoms with van der Waals surface area (Å²) < 4.78 is 34.0. The number of ketones is 1. The van der Waals surface area contributed by atoms with Crippen LogP contribution in [0.15, 0.2) is 66.7 Å². The Kier molecular flexibility index (Phi) is 8.12. The number of aryl methyl sites for hydroxylation is 1. The van der Waals surface area contributed by atoms with Crippen molar-refractivity contribution in [2.75, 3.05) is 34.7 Å². The number of methoxy groups -OCH3 is 3. The number of carbonyl (C=O) groups is 3. The summed E-state index contributed by atoms with van der Waals surface area (Å²) in [7, 11) is 4.60.